The third kappa shape index (κ3) is 5.16. The van der Waals surface area contributed by atoms with Gasteiger partial charge in [0.1, 0.15) is 5.76 Å². The second kappa shape index (κ2) is 10.0. The summed E-state index contributed by atoms with van der Waals surface area (Å²) in [6, 6.07) is 6.81. The molecule has 2 aromatic rings. The summed E-state index contributed by atoms with van der Waals surface area (Å²) >= 11 is 0. The molecule has 1 aromatic heterocycles. The second-order valence-electron chi connectivity index (χ2n) is 8.80. The van der Waals surface area contributed by atoms with Crippen molar-refractivity contribution in [2.45, 2.75) is 70.9 Å². The lowest BCUT2D eigenvalue weighted by Gasteiger charge is -2.28. The Hall–Kier alpha value is -3.42. The minimum atomic E-state index is -0.375. The third-order valence-electron chi connectivity index (χ3n) is 6.01. The average Bonchev–Trinajstić information content (AvgIpc) is 3.23. The maximum absolute atomic E-state index is 13.0. The highest BCUT2D eigenvalue weighted by molar-refractivity contribution is 5.95. The molecular weight excluding hydrogens is 420 g/mol. The number of benzene rings is 1. The van der Waals surface area contributed by atoms with Gasteiger partial charge < -0.3 is 25.3 Å². The molecule has 33 heavy (non-hydrogen) atoms. The number of aromatic nitrogens is 1. The van der Waals surface area contributed by atoms with E-state index in [0.29, 0.717) is 11.3 Å². The lowest BCUT2D eigenvalue weighted by molar-refractivity contribution is 0.0378. The van der Waals surface area contributed by atoms with Crippen molar-refractivity contribution in [2.24, 2.45) is 0 Å². The number of nitrogens with one attached hydrogen (secondary N) is 3. The van der Waals surface area contributed by atoms with Crippen molar-refractivity contribution in [3.63, 3.8) is 0 Å². The van der Waals surface area contributed by atoms with E-state index in [-0.39, 0.29) is 24.0 Å². The molecule has 174 valence electrons. The number of fused-ring (bicyclic) bond motifs is 1. The van der Waals surface area contributed by atoms with Crippen LogP contribution < -0.4 is 10.6 Å². The van der Waals surface area contributed by atoms with Gasteiger partial charge in [-0.1, -0.05) is 11.2 Å². The van der Waals surface area contributed by atoms with Crippen LogP contribution in [-0.4, -0.2) is 35.4 Å². The molecule has 0 radical (unpaired) electrons. The Balaban J connectivity index is 1.51. The molecule has 0 aliphatic heterocycles. The van der Waals surface area contributed by atoms with E-state index in [1.54, 1.807) is 18.2 Å². The second-order valence-corrected chi connectivity index (χ2v) is 8.80. The van der Waals surface area contributed by atoms with Crippen molar-refractivity contribution in [2.75, 3.05) is 5.32 Å². The van der Waals surface area contributed by atoms with Crippen molar-refractivity contribution < 1.29 is 18.8 Å². The van der Waals surface area contributed by atoms with E-state index in [4.69, 9.17) is 14.7 Å². The Morgan fingerprint density at radius 3 is 2.82 bits per heavy atom. The maximum Gasteiger partial charge on any atom is 0.338 e. The van der Waals surface area contributed by atoms with Crippen LogP contribution in [0.5, 0.6) is 0 Å². The molecule has 2 aliphatic rings. The van der Waals surface area contributed by atoms with E-state index in [1.807, 2.05) is 19.9 Å². The molecule has 1 aromatic carbocycles. The largest absolute Gasteiger partial charge is 0.459 e. The SMILES string of the molecule is CC(C)OC(=O)c1cccc(NC2=C(C=N)C(NC(=O)c3noc4c3CCCC4)CCC2)c1. The van der Waals surface area contributed by atoms with Crippen molar-refractivity contribution >= 4 is 23.8 Å². The third-order valence-corrected chi connectivity index (χ3v) is 6.01. The van der Waals surface area contributed by atoms with Crippen molar-refractivity contribution in [1.82, 2.24) is 10.5 Å². The van der Waals surface area contributed by atoms with Gasteiger partial charge in [0, 0.05) is 35.2 Å². The van der Waals surface area contributed by atoms with Gasteiger partial charge in [0.2, 0.25) is 0 Å². The summed E-state index contributed by atoms with van der Waals surface area (Å²) in [6.45, 7) is 3.62. The number of hydrogen-bond acceptors (Lipinski definition) is 7. The monoisotopic (exact) mass is 450 g/mol. The topological polar surface area (TPSA) is 117 Å². The Morgan fingerprint density at radius 2 is 2.03 bits per heavy atom. The minimum absolute atomic E-state index is 0.195. The molecule has 8 heteroatoms. The summed E-state index contributed by atoms with van der Waals surface area (Å²) in [4.78, 5) is 25.2. The van der Waals surface area contributed by atoms with E-state index in [9.17, 15) is 9.59 Å². The molecule has 1 unspecified atom stereocenters. The van der Waals surface area contributed by atoms with Crippen LogP contribution in [0, 0.1) is 5.41 Å². The first-order valence-corrected chi connectivity index (χ1v) is 11.6. The summed E-state index contributed by atoms with van der Waals surface area (Å²) in [5, 5.41) is 18.4. The van der Waals surface area contributed by atoms with Gasteiger partial charge >= 0.3 is 5.97 Å². The normalized spacial score (nSPS) is 18.0. The highest BCUT2D eigenvalue weighted by Crippen LogP contribution is 2.28. The van der Waals surface area contributed by atoms with Crippen molar-refractivity contribution in [3.8, 4) is 0 Å². The highest BCUT2D eigenvalue weighted by Gasteiger charge is 2.28. The predicted octanol–water partition coefficient (Wildman–Crippen LogP) is 4.42. The number of carbonyl (C=O) groups is 2. The molecule has 8 nitrogen and oxygen atoms in total. The summed E-state index contributed by atoms with van der Waals surface area (Å²) in [5.41, 5.74) is 4.06. The quantitative estimate of drug-likeness (QED) is 0.425. The van der Waals surface area contributed by atoms with Gasteiger partial charge in [-0.05, 0) is 70.6 Å². The summed E-state index contributed by atoms with van der Waals surface area (Å²) in [7, 11) is 0. The van der Waals surface area contributed by atoms with Crippen LogP contribution in [0.2, 0.25) is 0 Å². The molecular formula is C25H30N4O4. The van der Waals surface area contributed by atoms with Gasteiger partial charge in [0.05, 0.1) is 17.7 Å². The molecule has 0 saturated heterocycles. The lowest BCUT2D eigenvalue weighted by atomic mass is 9.91. The molecule has 2 aliphatic carbocycles. The molecule has 1 amide bonds. The highest BCUT2D eigenvalue weighted by atomic mass is 16.5. The summed E-state index contributed by atoms with van der Waals surface area (Å²) in [6.07, 6.45) is 7.15. The standard InChI is InChI=1S/C25H30N4O4/c1-15(2)32-25(31)16-7-5-8-17(13-16)27-20-10-6-11-21(19(20)14-26)28-24(30)23-18-9-3-4-12-22(18)33-29-23/h5,7-8,13-15,21,26-27H,3-4,6,9-12H2,1-2H3,(H,28,30). The molecule has 0 saturated carbocycles. The fourth-order valence-corrected chi connectivity index (χ4v) is 4.44. The van der Waals surface area contributed by atoms with Gasteiger partial charge in [0.25, 0.3) is 5.91 Å². The van der Waals surface area contributed by atoms with Gasteiger partial charge in [0.15, 0.2) is 5.69 Å². The Labute approximate surface area is 193 Å². The van der Waals surface area contributed by atoms with Gasteiger partial charge in [-0.3, -0.25) is 4.79 Å². The van der Waals surface area contributed by atoms with Crippen LogP contribution in [0.25, 0.3) is 0 Å². The molecule has 4 rings (SSSR count). The summed E-state index contributed by atoms with van der Waals surface area (Å²) in [5.74, 6) is 0.182. The lowest BCUT2D eigenvalue weighted by Crippen LogP contribution is -2.40. The minimum Gasteiger partial charge on any atom is -0.459 e. The molecule has 1 atom stereocenters. The van der Waals surface area contributed by atoms with Crippen LogP contribution in [0.1, 0.15) is 78.1 Å². The van der Waals surface area contributed by atoms with Crippen LogP contribution >= 0.6 is 0 Å². The van der Waals surface area contributed by atoms with Gasteiger partial charge in [-0.2, -0.15) is 0 Å². The number of ether oxygens (including phenoxy) is 1. The molecule has 3 N–H and O–H groups in total. The number of allylic oxidation sites excluding steroid dienone is 1. The number of rotatable bonds is 7. The van der Waals surface area contributed by atoms with Crippen LogP contribution in [0.15, 0.2) is 40.1 Å². The number of anilines is 1. The van der Waals surface area contributed by atoms with E-state index in [2.05, 4.69) is 15.8 Å². The zero-order chi connectivity index (χ0) is 23.4. The number of carbonyl (C=O) groups excluding carboxylic acids is 2. The van der Waals surface area contributed by atoms with E-state index < -0.39 is 0 Å². The van der Waals surface area contributed by atoms with E-state index >= 15 is 0 Å². The number of amides is 1. The zero-order valence-corrected chi connectivity index (χ0v) is 19.1. The van der Waals surface area contributed by atoms with Crippen molar-refractivity contribution in [3.05, 3.63) is 58.1 Å². The maximum atomic E-state index is 13.0. The number of nitrogens with zero attached hydrogens (tertiary/aromatic N) is 1. The first-order chi connectivity index (χ1) is 16.0. The number of hydrogen-bond donors (Lipinski definition) is 3. The first-order valence-electron chi connectivity index (χ1n) is 11.6. The average molecular weight is 451 g/mol. The fraction of sp³-hybridized carbons (Fsp3) is 0.440. The summed E-state index contributed by atoms with van der Waals surface area (Å²) < 4.78 is 10.7. The smallest absolute Gasteiger partial charge is 0.338 e. The Morgan fingerprint density at radius 1 is 1.21 bits per heavy atom. The molecule has 0 spiro atoms. The predicted molar refractivity (Wildman–Crippen MR) is 125 cm³/mol. The Bertz CT molecular complexity index is 1090. The molecule has 1 heterocycles. The van der Waals surface area contributed by atoms with Crippen LogP contribution in [0.3, 0.4) is 0 Å². The molecule has 0 bridgehead atoms. The Kier molecular flexibility index (Phi) is 6.91. The van der Waals surface area contributed by atoms with E-state index in [1.165, 1.54) is 6.21 Å². The van der Waals surface area contributed by atoms with Crippen LogP contribution in [0.4, 0.5) is 5.69 Å². The van der Waals surface area contributed by atoms with E-state index in [0.717, 1.165) is 73.2 Å². The first kappa shape index (κ1) is 22.8. The molecule has 0 fully saturated rings. The zero-order valence-electron chi connectivity index (χ0n) is 19.1. The van der Waals surface area contributed by atoms with Gasteiger partial charge in [-0.25, -0.2) is 4.79 Å². The van der Waals surface area contributed by atoms with Gasteiger partial charge in [-0.15, -0.1) is 0 Å². The number of aryl methyl sites for hydroxylation is 1. The number of esters is 1. The fourth-order valence-electron chi connectivity index (χ4n) is 4.44. The van der Waals surface area contributed by atoms with Crippen molar-refractivity contribution in [1.29, 1.82) is 5.41 Å². The van der Waals surface area contributed by atoms with Crippen LogP contribution in [-0.2, 0) is 17.6 Å².